The second-order valence-electron chi connectivity index (χ2n) is 5.97. The van der Waals surface area contributed by atoms with Gasteiger partial charge in [0.2, 0.25) is 5.91 Å². The Morgan fingerprint density at radius 3 is 2.60 bits per heavy atom. The van der Waals surface area contributed by atoms with Gasteiger partial charge < -0.3 is 5.11 Å². The third kappa shape index (κ3) is 3.97. The summed E-state index contributed by atoms with van der Waals surface area (Å²) in [6, 6.07) is 4.05. The van der Waals surface area contributed by atoms with Crippen LogP contribution < -0.4 is 11.3 Å². The van der Waals surface area contributed by atoms with Crippen LogP contribution in [0.5, 0.6) is 5.75 Å². The van der Waals surface area contributed by atoms with Crippen molar-refractivity contribution in [3.63, 3.8) is 0 Å². The van der Waals surface area contributed by atoms with E-state index >= 15 is 0 Å². The average Bonchev–Trinajstić information content (AvgIpc) is 2.42. The van der Waals surface area contributed by atoms with Crippen molar-refractivity contribution < 1.29 is 9.90 Å². The molecule has 0 unspecified atom stereocenters. The maximum absolute atomic E-state index is 11.1. The molecule has 0 spiro atoms. The minimum atomic E-state index is -0.144. The fourth-order valence-electron chi connectivity index (χ4n) is 2.23. The second-order valence-corrected chi connectivity index (χ2v) is 5.97. The maximum Gasteiger partial charge on any atom is 0.233 e. The highest BCUT2D eigenvalue weighted by molar-refractivity contribution is 5.75. The zero-order valence-electron chi connectivity index (χ0n) is 12.9. The molecule has 112 valence electrons. The molecule has 20 heavy (non-hydrogen) atoms. The van der Waals surface area contributed by atoms with E-state index in [1.54, 1.807) is 0 Å². The van der Waals surface area contributed by atoms with Crippen LogP contribution in [0.4, 0.5) is 0 Å². The van der Waals surface area contributed by atoms with Gasteiger partial charge in [-0.25, -0.2) is 5.84 Å². The van der Waals surface area contributed by atoms with Crippen molar-refractivity contribution in [3.8, 4) is 5.75 Å². The Bertz CT molecular complexity index is 482. The minimum Gasteiger partial charge on any atom is -0.507 e. The first kappa shape index (κ1) is 16.5. The lowest BCUT2D eigenvalue weighted by molar-refractivity contribution is -0.121. The summed E-state index contributed by atoms with van der Waals surface area (Å²) in [6.45, 7) is 8.30. The van der Waals surface area contributed by atoms with E-state index in [1.165, 1.54) is 0 Å². The molecular formula is C16H26N2O2. The van der Waals surface area contributed by atoms with Crippen LogP contribution in [0.15, 0.2) is 12.1 Å². The number of hydrogen-bond donors (Lipinski definition) is 3. The van der Waals surface area contributed by atoms with Crippen molar-refractivity contribution in [2.45, 2.75) is 58.8 Å². The minimum absolute atomic E-state index is 0.0561. The van der Waals surface area contributed by atoms with E-state index in [-0.39, 0.29) is 11.3 Å². The lowest BCUT2D eigenvalue weighted by Crippen LogP contribution is -2.29. The van der Waals surface area contributed by atoms with Crippen LogP contribution in [0.3, 0.4) is 0 Å². The molecule has 4 heteroatoms. The van der Waals surface area contributed by atoms with Crippen molar-refractivity contribution in [2.24, 2.45) is 5.84 Å². The number of phenolic OH excluding ortho intramolecular Hbond substituents is 1. The van der Waals surface area contributed by atoms with Crippen LogP contribution >= 0.6 is 0 Å². The number of carbonyl (C=O) groups is 1. The molecule has 0 radical (unpaired) electrons. The Morgan fingerprint density at radius 1 is 1.40 bits per heavy atom. The number of amides is 1. The molecule has 0 aliphatic carbocycles. The number of hydrazine groups is 1. The summed E-state index contributed by atoms with van der Waals surface area (Å²) in [5.74, 6) is 5.31. The largest absolute Gasteiger partial charge is 0.507 e. The van der Waals surface area contributed by atoms with Gasteiger partial charge >= 0.3 is 0 Å². The van der Waals surface area contributed by atoms with Crippen molar-refractivity contribution in [1.29, 1.82) is 0 Å². The first-order valence-corrected chi connectivity index (χ1v) is 7.14. The summed E-state index contributed by atoms with van der Waals surface area (Å²) in [7, 11) is 0. The van der Waals surface area contributed by atoms with E-state index in [2.05, 4.69) is 32.3 Å². The number of phenols is 1. The molecule has 0 aliphatic rings. The van der Waals surface area contributed by atoms with Gasteiger partial charge in [0.15, 0.2) is 0 Å². The molecule has 0 heterocycles. The Kier molecular flexibility index (Phi) is 5.57. The molecule has 1 aromatic rings. The van der Waals surface area contributed by atoms with Gasteiger partial charge in [0.1, 0.15) is 5.75 Å². The summed E-state index contributed by atoms with van der Waals surface area (Å²) in [6.07, 6.45) is 2.93. The van der Waals surface area contributed by atoms with Gasteiger partial charge in [-0.05, 0) is 42.7 Å². The number of hydrogen-bond acceptors (Lipinski definition) is 3. The lowest BCUT2D eigenvalue weighted by atomic mass is 9.80. The highest BCUT2D eigenvalue weighted by Crippen LogP contribution is 2.36. The third-order valence-corrected chi connectivity index (χ3v) is 4.00. The van der Waals surface area contributed by atoms with E-state index in [1.807, 2.05) is 13.0 Å². The van der Waals surface area contributed by atoms with Crippen LogP contribution in [0.2, 0.25) is 0 Å². The smallest absolute Gasteiger partial charge is 0.233 e. The number of carbonyl (C=O) groups excluding carboxylic acids is 1. The highest BCUT2D eigenvalue weighted by atomic mass is 16.3. The Hall–Kier alpha value is -1.55. The summed E-state index contributed by atoms with van der Waals surface area (Å²) in [5, 5.41) is 10.3. The predicted molar refractivity (Wildman–Crippen MR) is 81.4 cm³/mol. The molecule has 0 atom stereocenters. The Balaban J connectivity index is 2.92. The van der Waals surface area contributed by atoms with Crippen molar-refractivity contribution >= 4 is 5.91 Å². The van der Waals surface area contributed by atoms with Crippen LogP contribution in [-0.2, 0) is 16.6 Å². The van der Waals surface area contributed by atoms with Crippen LogP contribution in [0.1, 0.15) is 56.7 Å². The van der Waals surface area contributed by atoms with Gasteiger partial charge in [-0.3, -0.25) is 10.2 Å². The molecule has 1 rings (SSSR count). The molecule has 4 N–H and O–H groups in total. The van der Waals surface area contributed by atoms with Crippen LogP contribution in [0.25, 0.3) is 0 Å². The molecule has 0 bridgehead atoms. The summed E-state index contributed by atoms with van der Waals surface area (Å²) >= 11 is 0. The first-order valence-electron chi connectivity index (χ1n) is 7.14. The number of nitrogens with one attached hydrogen (secondary N) is 1. The summed E-state index contributed by atoms with van der Waals surface area (Å²) in [4.78, 5) is 11.1. The Morgan fingerprint density at radius 2 is 2.05 bits per heavy atom. The molecule has 0 saturated carbocycles. The number of rotatable bonds is 6. The van der Waals surface area contributed by atoms with Gasteiger partial charge in [-0.15, -0.1) is 0 Å². The number of benzene rings is 1. The lowest BCUT2D eigenvalue weighted by Gasteiger charge is -2.26. The van der Waals surface area contributed by atoms with E-state index < -0.39 is 0 Å². The summed E-state index contributed by atoms with van der Waals surface area (Å²) < 4.78 is 0. The second kappa shape index (κ2) is 6.75. The number of aryl methyl sites for hydroxylation is 2. The summed E-state index contributed by atoms with van der Waals surface area (Å²) in [5.41, 5.74) is 5.11. The fraction of sp³-hybridized carbons (Fsp3) is 0.562. The maximum atomic E-state index is 11.1. The molecule has 4 nitrogen and oxygen atoms in total. The van der Waals surface area contributed by atoms with Crippen LogP contribution in [-0.4, -0.2) is 11.0 Å². The quantitative estimate of drug-likeness (QED) is 0.425. The molecule has 1 aromatic carbocycles. The van der Waals surface area contributed by atoms with Crippen molar-refractivity contribution in [3.05, 3.63) is 28.8 Å². The predicted octanol–water partition coefficient (Wildman–Crippen LogP) is 2.70. The zero-order chi connectivity index (χ0) is 15.3. The molecule has 1 amide bonds. The highest BCUT2D eigenvalue weighted by Gasteiger charge is 2.23. The van der Waals surface area contributed by atoms with Gasteiger partial charge in [0.25, 0.3) is 0 Å². The van der Waals surface area contributed by atoms with Gasteiger partial charge in [0.05, 0.1) is 0 Å². The number of aromatic hydroxyl groups is 1. The van der Waals surface area contributed by atoms with E-state index in [0.717, 1.165) is 36.0 Å². The normalized spacial score (nSPS) is 11.4. The SMILES string of the molecule is CCC(C)(C)c1cc(CCCC(=O)NN)cc(C)c1O. The van der Waals surface area contributed by atoms with Gasteiger partial charge in [-0.1, -0.05) is 32.9 Å². The third-order valence-electron chi connectivity index (χ3n) is 4.00. The van der Waals surface area contributed by atoms with E-state index in [9.17, 15) is 9.90 Å². The van der Waals surface area contributed by atoms with Gasteiger partial charge in [-0.2, -0.15) is 0 Å². The Labute approximate surface area is 121 Å². The first-order chi connectivity index (χ1) is 9.31. The van der Waals surface area contributed by atoms with Crippen LogP contribution in [0, 0.1) is 6.92 Å². The topological polar surface area (TPSA) is 75.4 Å². The standard InChI is InChI=1S/C16H26N2O2/c1-5-16(3,4)13-10-12(9-11(2)15(13)20)7-6-8-14(19)18-17/h9-10,20H,5-8,17H2,1-4H3,(H,18,19). The average molecular weight is 278 g/mol. The zero-order valence-corrected chi connectivity index (χ0v) is 12.9. The molecule has 0 aliphatic heterocycles. The molecule has 0 aromatic heterocycles. The van der Waals surface area contributed by atoms with E-state index in [0.29, 0.717) is 12.2 Å². The van der Waals surface area contributed by atoms with E-state index in [4.69, 9.17) is 5.84 Å². The molecule has 0 saturated heterocycles. The molecular weight excluding hydrogens is 252 g/mol. The van der Waals surface area contributed by atoms with Crippen molar-refractivity contribution in [1.82, 2.24) is 5.43 Å². The van der Waals surface area contributed by atoms with Crippen molar-refractivity contribution in [2.75, 3.05) is 0 Å². The monoisotopic (exact) mass is 278 g/mol. The fourth-order valence-corrected chi connectivity index (χ4v) is 2.23. The number of nitrogens with two attached hydrogens (primary N) is 1. The molecule has 0 fully saturated rings. The van der Waals surface area contributed by atoms with Gasteiger partial charge in [0, 0.05) is 12.0 Å².